The average Bonchev–Trinajstić information content (AvgIpc) is 3.31. The second kappa shape index (κ2) is 7.14. The van der Waals surface area contributed by atoms with E-state index in [1.54, 1.807) is 42.7 Å². The smallest absolute Gasteiger partial charge is 0.313 e. The molecule has 2 aromatic rings. The van der Waals surface area contributed by atoms with Crippen LogP contribution in [0.4, 0.5) is 4.39 Å². The fraction of sp³-hybridized carbons (Fsp3) is 0.389. The lowest BCUT2D eigenvalue weighted by Crippen LogP contribution is -2.45. The molecule has 0 unspecified atom stereocenters. The van der Waals surface area contributed by atoms with Gasteiger partial charge in [0.1, 0.15) is 6.17 Å². The van der Waals surface area contributed by atoms with E-state index in [1.165, 1.54) is 9.58 Å². The van der Waals surface area contributed by atoms with E-state index in [2.05, 4.69) is 5.10 Å². The van der Waals surface area contributed by atoms with Crippen molar-refractivity contribution in [2.75, 3.05) is 13.1 Å². The van der Waals surface area contributed by atoms with Crippen LogP contribution in [-0.4, -0.2) is 46.7 Å². The van der Waals surface area contributed by atoms with E-state index in [-0.39, 0.29) is 24.3 Å². The second-order valence-electron chi connectivity index (χ2n) is 6.42. The summed E-state index contributed by atoms with van der Waals surface area (Å²) in [6.07, 6.45) is 2.73. The molecule has 1 aliphatic rings. The van der Waals surface area contributed by atoms with E-state index in [0.29, 0.717) is 18.5 Å². The Balaban J connectivity index is 1.69. The molecule has 3 N–H and O–H groups in total. The first-order chi connectivity index (χ1) is 12.0. The number of hydrogen-bond acceptors (Lipinski definition) is 3. The molecule has 1 amide bonds. The van der Waals surface area contributed by atoms with Crippen molar-refractivity contribution < 1.29 is 19.1 Å². The molecule has 0 bridgehead atoms. The van der Waals surface area contributed by atoms with Gasteiger partial charge in [-0.25, -0.2) is 4.39 Å². The minimum atomic E-state index is -0.956. The van der Waals surface area contributed by atoms with Gasteiger partial charge < -0.3 is 10.6 Å². The highest BCUT2D eigenvalue weighted by molar-refractivity contribution is 5.94. The first kappa shape index (κ1) is 17.3. The SMILES string of the molecule is C[C@@H](c1ccc(C(=O)n2ccc[nH+]2)cc1)[C@H](N)C(=O)N1CC[C@H](F)C1. The van der Waals surface area contributed by atoms with Crippen LogP contribution in [0.25, 0.3) is 0 Å². The number of aromatic nitrogens is 2. The molecule has 1 aromatic heterocycles. The Labute approximate surface area is 145 Å². The number of benzene rings is 1. The Morgan fingerprint density at radius 2 is 2.04 bits per heavy atom. The fourth-order valence-electron chi connectivity index (χ4n) is 3.04. The number of alkyl halides is 1. The molecule has 25 heavy (non-hydrogen) atoms. The number of amides is 1. The zero-order valence-electron chi connectivity index (χ0n) is 14.1. The van der Waals surface area contributed by atoms with Crippen molar-refractivity contribution in [2.45, 2.75) is 31.5 Å². The van der Waals surface area contributed by atoms with Crippen LogP contribution in [0.5, 0.6) is 0 Å². The predicted octanol–water partition coefficient (Wildman–Crippen LogP) is 0.992. The standard InChI is InChI=1S/C18H21FN4O2/c1-12(16(20)18(25)22-10-7-15(19)11-22)13-3-5-14(6-4-13)17(24)23-9-2-8-21-23/h2-6,8-9,12,15-16H,7,10-11,20H2,1H3/p+1/t12-,15-,16-/m0/s1. The van der Waals surface area contributed by atoms with Crippen LogP contribution in [0.1, 0.15) is 35.2 Å². The van der Waals surface area contributed by atoms with Crippen LogP contribution in [0.3, 0.4) is 0 Å². The van der Waals surface area contributed by atoms with Crippen LogP contribution in [0.2, 0.25) is 0 Å². The van der Waals surface area contributed by atoms with Crippen LogP contribution in [0, 0.1) is 0 Å². The number of rotatable bonds is 4. The number of hydrogen-bond donors (Lipinski definition) is 1. The molecule has 2 heterocycles. The zero-order valence-corrected chi connectivity index (χ0v) is 14.1. The molecule has 6 nitrogen and oxygen atoms in total. The maximum Gasteiger partial charge on any atom is 0.313 e. The Morgan fingerprint density at radius 3 is 2.60 bits per heavy atom. The minimum Gasteiger partial charge on any atom is -0.338 e. The van der Waals surface area contributed by atoms with E-state index >= 15 is 0 Å². The van der Waals surface area contributed by atoms with Gasteiger partial charge in [0, 0.05) is 24.1 Å². The van der Waals surface area contributed by atoms with Crippen molar-refractivity contribution in [2.24, 2.45) is 5.73 Å². The van der Waals surface area contributed by atoms with Crippen molar-refractivity contribution in [1.29, 1.82) is 0 Å². The maximum absolute atomic E-state index is 13.3. The summed E-state index contributed by atoms with van der Waals surface area (Å²) in [5, 5.41) is 2.81. The van der Waals surface area contributed by atoms with Crippen LogP contribution < -0.4 is 10.8 Å². The molecule has 3 atom stereocenters. The van der Waals surface area contributed by atoms with Gasteiger partial charge in [-0.2, -0.15) is 0 Å². The lowest BCUT2D eigenvalue weighted by molar-refractivity contribution is -0.471. The van der Waals surface area contributed by atoms with E-state index in [1.807, 2.05) is 6.92 Å². The van der Waals surface area contributed by atoms with Crippen LogP contribution in [0.15, 0.2) is 42.7 Å². The van der Waals surface area contributed by atoms with E-state index in [0.717, 1.165) is 5.56 Å². The van der Waals surface area contributed by atoms with Gasteiger partial charge in [-0.05, 0) is 24.1 Å². The van der Waals surface area contributed by atoms with Crippen molar-refractivity contribution in [3.8, 4) is 0 Å². The lowest BCUT2D eigenvalue weighted by Gasteiger charge is -2.25. The van der Waals surface area contributed by atoms with Crippen molar-refractivity contribution in [3.05, 3.63) is 53.9 Å². The van der Waals surface area contributed by atoms with E-state index in [4.69, 9.17) is 5.73 Å². The van der Waals surface area contributed by atoms with Gasteiger partial charge in [0.05, 0.1) is 18.8 Å². The number of halogens is 1. The summed E-state index contributed by atoms with van der Waals surface area (Å²) in [7, 11) is 0. The first-order valence-corrected chi connectivity index (χ1v) is 8.35. The van der Waals surface area contributed by atoms with Gasteiger partial charge in [0.25, 0.3) is 0 Å². The second-order valence-corrected chi connectivity index (χ2v) is 6.42. The van der Waals surface area contributed by atoms with Crippen molar-refractivity contribution >= 4 is 11.8 Å². The average molecular weight is 345 g/mol. The highest BCUT2D eigenvalue weighted by Crippen LogP contribution is 2.22. The van der Waals surface area contributed by atoms with Gasteiger partial charge in [0.15, 0.2) is 6.20 Å². The molecule has 0 spiro atoms. The number of carbonyl (C=O) groups is 2. The number of nitrogens with one attached hydrogen (secondary N) is 1. The summed E-state index contributed by atoms with van der Waals surface area (Å²) in [6.45, 7) is 2.41. The third kappa shape index (κ3) is 3.61. The molecule has 0 radical (unpaired) electrons. The third-order valence-electron chi connectivity index (χ3n) is 4.71. The Kier molecular flexibility index (Phi) is 4.94. The topological polar surface area (TPSA) is 82.5 Å². The highest BCUT2D eigenvalue weighted by atomic mass is 19.1. The molecule has 0 saturated carbocycles. The van der Waals surface area contributed by atoms with Crippen molar-refractivity contribution in [3.63, 3.8) is 0 Å². The molecule has 1 fully saturated rings. The van der Waals surface area contributed by atoms with E-state index in [9.17, 15) is 14.0 Å². The van der Waals surface area contributed by atoms with Crippen LogP contribution >= 0.6 is 0 Å². The minimum absolute atomic E-state index is 0.125. The Bertz CT molecular complexity index is 745. The largest absolute Gasteiger partial charge is 0.338 e. The number of nitrogens with two attached hydrogens (primary N) is 1. The van der Waals surface area contributed by atoms with Gasteiger partial charge in [-0.3, -0.25) is 9.59 Å². The predicted molar refractivity (Wildman–Crippen MR) is 89.6 cm³/mol. The van der Waals surface area contributed by atoms with Gasteiger partial charge >= 0.3 is 5.91 Å². The Hall–Kier alpha value is -2.54. The molecule has 1 aliphatic heterocycles. The Morgan fingerprint density at radius 1 is 1.32 bits per heavy atom. The molecule has 1 saturated heterocycles. The molecular weight excluding hydrogens is 323 g/mol. The summed E-state index contributed by atoms with van der Waals surface area (Å²) in [6, 6.07) is 8.04. The monoisotopic (exact) mass is 345 g/mol. The quantitative estimate of drug-likeness (QED) is 0.897. The highest BCUT2D eigenvalue weighted by Gasteiger charge is 2.32. The summed E-state index contributed by atoms with van der Waals surface area (Å²) in [4.78, 5) is 26.1. The first-order valence-electron chi connectivity index (χ1n) is 8.35. The summed E-state index contributed by atoms with van der Waals surface area (Å²) < 4.78 is 14.7. The normalized spacial score (nSPS) is 19.6. The molecular formula is C18H22FN4O2+. The number of nitrogens with zero attached hydrogens (tertiary/aromatic N) is 2. The number of carbonyl (C=O) groups excluding carboxylic acids is 2. The number of likely N-dealkylation sites (tertiary alicyclic amines) is 1. The maximum atomic E-state index is 13.3. The van der Waals surface area contributed by atoms with E-state index < -0.39 is 12.2 Å². The summed E-state index contributed by atoms with van der Waals surface area (Å²) >= 11 is 0. The summed E-state index contributed by atoms with van der Waals surface area (Å²) in [5.74, 6) is -0.626. The lowest BCUT2D eigenvalue weighted by atomic mass is 9.92. The van der Waals surface area contributed by atoms with Gasteiger partial charge in [0.2, 0.25) is 5.91 Å². The molecule has 1 aromatic carbocycles. The van der Waals surface area contributed by atoms with Crippen LogP contribution in [-0.2, 0) is 4.79 Å². The number of aromatic amines is 1. The van der Waals surface area contributed by atoms with Crippen molar-refractivity contribution in [1.82, 2.24) is 9.58 Å². The molecule has 3 rings (SSSR count). The van der Waals surface area contributed by atoms with Gasteiger partial charge in [-0.15, -0.1) is 5.10 Å². The van der Waals surface area contributed by atoms with Gasteiger partial charge in [-0.1, -0.05) is 23.7 Å². The molecule has 7 heteroatoms. The number of H-pyrrole nitrogens is 1. The molecule has 132 valence electrons. The fourth-order valence-corrected chi connectivity index (χ4v) is 3.04. The zero-order chi connectivity index (χ0) is 18.0. The third-order valence-corrected chi connectivity index (χ3v) is 4.71. The molecule has 0 aliphatic carbocycles. The summed E-state index contributed by atoms with van der Waals surface area (Å²) in [5.41, 5.74) is 7.50.